The number of benzene rings is 1. The lowest BCUT2D eigenvalue weighted by molar-refractivity contribution is 0.100. The Morgan fingerprint density at radius 1 is 1.21 bits per heavy atom. The van der Waals surface area contributed by atoms with Crippen LogP contribution < -0.4 is 16.4 Å². The van der Waals surface area contributed by atoms with Crippen LogP contribution in [0.3, 0.4) is 0 Å². The molecule has 0 radical (unpaired) electrons. The third-order valence-electron chi connectivity index (χ3n) is 4.02. The standard InChI is InChI=1S/C18H30N4O.HI/c1-4-6-7-14(5-2)12-21-18(20-3)22-13-15-8-10-16(11-9-15)17(19)23;/h8-11,14H,4-7,12-13H2,1-3H3,(H2,19,23)(H2,20,21,22);1H. The third kappa shape index (κ3) is 8.52. The maximum atomic E-state index is 11.1. The fourth-order valence-corrected chi connectivity index (χ4v) is 2.38. The smallest absolute Gasteiger partial charge is 0.248 e. The number of nitrogens with one attached hydrogen (secondary N) is 2. The van der Waals surface area contributed by atoms with Crippen molar-refractivity contribution < 1.29 is 4.79 Å². The molecule has 0 fully saturated rings. The van der Waals surface area contributed by atoms with E-state index >= 15 is 0 Å². The molecule has 0 saturated heterocycles. The van der Waals surface area contributed by atoms with Gasteiger partial charge < -0.3 is 16.4 Å². The Bertz CT molecular complexity index is 502. The third-order valence-corrected chi connectivity index (χ3v) is 4.02. The lowest BCUT2D eigenvalue weighted by atomic mass is 9.99. The van der Waals surface area contributed by atoms with Crippen LogP contribution in [0.5, 0.6) is 0 Å². The Morgan fingerprint density at radius 2 is 1.88 bits per heavy atom. The van der Waals surface area contributed by atoms with E-state index in [1.54, 1.807) is 19.2 Å². The number of hydrogen-bond acceptors (Lipinski definition) is 2. The van der Waals surface area contributed by atoms with Gasteiger partial charge in [-0.15, -0.1) is 24.0 Å². The van der Waals surface area contributed by atoms with Crippen molar-refractivity contribution in [1.29, 1.82) is 0 Å². The fourth-order valence-electron chi connectivity index (χ4n) is 2.38. The topological polar surface area (TPSA) is 79.5 Å². The summed E-state index contributed by atoms with van der Waals surface area (Å²) in [6.45, 7) is 6.06. The van der Waals surface area contributed by atoms with Crippen LogP contribution in [-0.4, -0.2) is 25.5 Å². The highest BCUT2D eigenvalue weighted by Crippen LogP contribution is 2.11. The highest BCUT2D eigenvalue weighted by Gasteiger charge is 2.07. The molecular formula is C18H31IN4O. The Balaban J connectivity index is 0.00000529. The molecule has 0 aromatic heterocycles. The highest BCUT2D eigenvalue weighted by molar-refractivity contribution is 14.0. The number of unbranched alkanes of at least 4 members (excludes halogenated alkanes) is 1. The molecule has 1 amide bonds. The van der Waals surface area contributed by atoms with Crippen molar-refractivity contribution in [3.8, 4) is 0 Å². The van der Waals surface area contributed by atoms with Crippen LogP contribution >= 0.6 is 24.0 Å². The molecule has 1 unspecified atom stereocenters. The zero-order valence-corrected chi connectivity index (χ0v) is 17.3. The molecule has 0 saturated carbocycles. The molecule has 1 atom stereocenters. The fraction of sp³-hybridized carbons (Fsp3) is 0.556. The van der Waals surface area contributed by atoms with E-state index in [1.165, 1.54) is 25.7 Å². The van der Waals surface area contributed by atoms with Crippen LogP contribution in [0, 0.1) is 5.92 Å². The number of carbonyl (C=O) groups is 1. The molecule has 24 heavy (non-hydrogen) atoms. The first-order valence-corrected chi connectivity index (χ1v) is 8.43. The van der Waals surface area contributed by atoms with E-state index in [0.717, 1.165) is 18.1 Å². The highest BCUT2D eigenvalue weighted by atomic mass is 127. The number of aliphatic imine (C=N–C) groups is 1. The summed E-state index contributed by atoms with van der Waals surface area (Å²) < 4.78 is 0. The van der Waals surface area contributed by atoms with E-state index in [1.807, 2.05) is 12.1 Å². The van der Waals surface area contributed by atoms with E-state index in [2.05, 4.69) is 29.5 Å². The molecule has 0 bridgehead atoms. The van der Waals surface area contributed by atoms with Crippen LogP contribution in [0.2, 0.25) is 0 Å². The first-order valence-electron chi connectivity index (χ1n) is 8.43. The number of halogens is 1. The molecule has 1 aromatic carbocycles. The van der Waals surface area contributed by atoms with Crippen molar-refractivity contribution in [1.82, 2.24) is 10.6 Å². The Labute approximate surface area is 162 Å². The van der Waals surface area contributed by atoms with Crippen molar-refractivity contribution >= 4 is 35.8 Å². The van der Waals surface area contributed by atoms with Crippen molar-refractivity contribution in [2.45, 2.75) is 46.1 Å². The number of hydrogen-bond donors (Lipinski definition) is 3. The van der Waals surface area contributed by atoms with Crippen molar-refractivity contribution in [3.05, 3.63) is 35.4 Å². The van der Waals surface area contributed by atoms with Gasteiger partial charge in [0.15, 0.2) is 5.96 Å². The lowest BCUT2D eigenvalue weighted by Crippen LogP contribution is -2.39. The SMILES string of the molecule is CCCCC(CC)CNC(=NC)NCc1ccc(C(N)=O)cc1.I. The maximum Gasteiger partial charge on any atom is 0.248 e. The monoisotopic (exact) mass is 446 g/mol. The second-order valence-electron chi connectivity index (χ2n) is 5.78. The van der Waals surface area contributed by atoms with Crippen LogP contribution in [0.25, 0.3) is 0 Å². The van der Waals surface area contributed by atoms with Crippen LogP contribution in [0.1, 0.15) is 55.5 Å². The van der Waals surface area contributed by atoms with Gasteiger partial charge in [-0.25, -0.2) is 0 Å². The van der Waals surface area contributed by atoms with E-state index in [9.17, 15) is 4.79 Å². The Morgan fingerprint density at radius 3 is 2.38 bits per heavy atom. The number of rotatable bonds is 9. The summed E-state index contributed by atoms with van der Waals surface area (Å²) in [7, 11) is 1.78. The minimum atomic E-state index is -0.403. The summed E-state index contributed by atoms with van der Waals surface area (Å²) in [4.78, 5) is 15.3. The summed E-state index contributed by atoms with van der Waals surface area (Å²) in [5.41, 5.74) is 6.85. The van der Waals surface area contributed by atoms with Crippen LogP contribution in [0.4, 0.5) is 0 Å². The predicted octanol–water partition coefficient (Wildman–Crippen LogP) is 3.28. The summed E-state index contributed by atoms with van der Waals surface area (Å²) >= 11 is 0. The van der Waals surface area contributed by atoms with Gasteiger partial charge in [0.1, 0.15) is 0 Å². The van der Waals surface area contributed by atoms with Gasteiger partial charge >= 0.3 is 0 Å². The van der Waals surface area contributed by atoms with Gasteiger partial charge in [-0.1, -0.05) is 45.2 Å². The van der Waals surface area contributed by atoms with Crippen LogP contribution in [-0.2, 0) is 6.54 Å². The quantitative estimate of drug-likeness (QED) is 0.310. The van der Waals surface area contributed by atoms with Gasteiger partial charge in [-0.05, 0) is 30.0 Å². The van der Waals surface area contributed by atoms with Crippen molar-refractivity contribution in [2.24, 2.45) is 16.6 Å². The molecule has 5 nitrogen and oxygen atoms in total. The van der Waals surface area contributed by atoms with E-state index in [4.69, 9.17) is 5.73 Å². The average molecular weight is 446 g/mol. The molecule has 1 aromatic rings. The molecule has 0 aliphatic carbocycles. The van der Waals surface area contributed by atoms with Gasteiger partial charge in [-0.2, -0.15) is 0 Å². The molecular weight excluding hydrogens is 415 g/mol. The molecule has 0 spiro atoms. The first-order chi connectivity index (χ1) is 11.1. The average Bonchev–Trinajstić information content (AvgIpc) is 2.57. The predicted molar refractivity (Wildman–Crippen MR) is 112 cm³/mol. The second-order valence-corrected chi connectivity index (χ2v) is 5.78. The number of nitrogens with two attached hydrogens (primary N) is 1. The summed E-state index contributed by atoms with van der Waals surface area (Å²) in [5.74, 6) is 1.09. The van der Waals surface area contributed by atoms with E-state index < -0.39 is 5.91 Å². The zero-order chi connectivity index (χ0) is 17.1. The number of carbonyl (C=O) groups excluding carboxylic acids is 1. The van der Waals surface area contributed by atoms with Crippen molar-refractivity contribution in [3.63, 3.8) is 0 Å². The Hall–Kier alpha value is -1.31. The minimum Gasteiger partial charge on any atom is -0.366 e. The number of amides is 1. The number of primary amides is 1. The molecule has 0 heterocycles. The van der Waals surface area contributed by atoms with Gasteiger partial charge in [-0.3, -0.25) is 9.79 Å². The van der Waals surface area contributed by atoms with Crippen molar-refractivity contribution in [2.75, 3.05) is 13.6 Å². The van der Waals surface area contributed by atoms with E-state index in [-0.39, 0.29) is 24.0 Å². The molecule has 1 rings (SSSR count). The summed E-state index contributed by atoms with van der Waals surface area (Å²) in [6, 6.07) is 7.29. The zero-order valence-electron chi connectivity index (χ0n) is 15.0. The Kier molecular flexibility index (Phi) is 12.3. The van der Waals surface area contributed by atoms with Gasteiger partial charge in [0.05, 0.1) is 0 Å². The molecule has 136 valence electrons. The normalized spacial score (nSPS) is 12.2. The van der Waals surface area contributed by atoms with Crippen LogP contribution in [0.15, 0.2) is 29.3 Å². The summed E-state index contributed by atoms with van der Waals surface area (Å²) in [6.07, 6.45) is 4.95. The van der Waals surface area contributed by atoms with Gasteiger partial charge in [0.25, 0.3) is 0 Å². The van der Waals surface area contributed by atoms with Gasteiger partial charge in [0, 0.05) is 25.7 Å². The molecule has 6 heteroatoms. The largest absolute Gasteiger partial charge is 0.366 e. The number of nitrogens with zero attached hydrogens (tertiary/aromatic N) is 1. The molecule has 4 N–H and O–H groups in total. The summed E-state index contributed by atoms with van der Waals surface area (Å²) in [5, 5.41) is 6.69. The minimum absolute atomic E-state index is 0. The first kappa shape index (κ1) is 22.7. The lowest BCUT2D eigenvalue weighted by Gasteiger charge is -2.18. The molecule has 0 aliphatic rings. The van der Waals surface area contributed by atoms with E-state index in [0.29, 0.717) is 18.0 Å². The van der Waals surface area contributed by atoms with Gasteiger partial charge in [0.2, 0.25) is 5.91 Å². The number of guanidine groups is 1. The molecule has 0 aliphatic heterocycles. The maximum absolute atomic E-state index is 11.1. The second kappa shape index (κ2) is 13.0.